The van der Waals surface area contributed by atoms with Crippen molar-refractivity contribution in [3.05, 3.63) is 59.2 Å². The maximum Gasteiger partial charge on any atom is 0.139 e. The lowest BCUT2D eigenvalue weighted by atomic mass is 9.53. The number of Topliss-reactive ketones (excluding diaryl/α,β-unsaturated/α-hetero) is 1. The van der Waals surface area contributed by atoms with Gasteiger partial charge in [-0.1, -0.05) is 18.2 Å². The van der Waals surface area contributed by atoms with Crippen LogP contribution in [-0.2, 0) is 17.6 Å². The molecule has 0 aromatic heterocycles. The molecule has 1 N–H and O–H groups in total. The quantitative estimate of drug-likeness (QED) is 0.553. The summed E-state index contributed by atoms with van der Waals surface area (Å²) in [6.45, 7) is 3.06. The molecule has 4 heteroatoms. The van der Waals surface area contributed by atoms with Gasteiger partial charge in [0.25, 0.3) is 0 Å². The fourth-order valence-corrected chi connectivity index (χ4v) is 9.12. The zero-order valence-corrected chi connectivity index (χ0v) is 21.3. The zero-order chi connectivity index (χ0) is 24.3. The number of hydrogen-bond acceptors (Lipinski definition) is 4. The predicted molar refractivity (Wildman–Crippen MR) is 140 cm³/mol. The van der Waals surface area contributed by atoms with Crippen LogP contribution >= 0.6 is 0 Å². The Hall–Kier alpha value is -2.33. The van der Waals surface area contributed by atoms with Crippen LogP contribution in [0, 0.1) is 23.2 Å². The third-order valence-corrected chi connectivity index (χ3v) is 10.8. The first-order chi connectivity index (χ1) is 17.6. The first-order valence-electron chi connectivity index (χ1n) is 14.4. The number of phenolic OH excluding ortho intramolecular Hbond substituents is 1. The van der Waals surface area contributed by atoms with Crippen LogP contribution in [0.2, 0.25) is 0 Å². The average Bonchev–Trinajstić information content (AvgIpc) is 3.60. The third-order valence-electron chi connectivity index (χ3n) is 10.8. The summed E-state index contributed by atoms with van der Waals surface area (Å²) in [6, 6.07) is 15.4. The molecule has 4 aliphatic carbocycles. The van der Waals surface area contributed by atoms with Gasteiger partial charge in [-0.2, -0.15) is 0 Å². The molecule has 0 amide bonds. The van der Waals surface area contributed by atoms with Crippen LogP contribution in [0.5, 0.6) is 11.5 Å². The van der Waals surface area contributed by atoms with Crippen molar-refractivity contribution in [1.29, 1.82) is 0 Å². The molecule has 190 valence electrons. The van der Waals surface area contributed by atoms with Crippen LogP contribution < -0.4 is 4.74 Å². The Labute approximate surface area is 215 Å². The molecule has 2 bridgehead atoms. The molecule has 0 spiro atoms. The molecule has 2 aromatic carbocycles. The Balaban J connectivity index is 1.02. The van der Waals surface area contributed by atoms with Crippen LogP contribution in [-0.4, -0.2) is 41.5 Å². The first kappa shape index (κ1) is 22.8. The van der Waals surface area contributed by atoms with Gasteiger partial charge in [0.15, 0.2) is 0 Å². The van der Waals surface area contributed by atoms with Crippen LogP contribution in [0.4, 0.5) is 0 Å². The highest BCUT2D eigenvalue weighted by molar-refractivity contribution is 5.88. The minimum absolute atomic E-state index is 0.187. The highest BCUT2D eigenvalue weighted by Gasteiger charge is 2.57. The summed E-state index contributed by atoms with van der Waals surface area (Å²) >= 11 is 0. The number of ketones is 1. The van der Waals surface area contributed by atoms with Gasteiger partial charge in [-0.05, 0) is 122 Å². The van der Waals surface area contributed by atoms with Gasteiger partial charge >= 0.3 is 0 Å². The summed E-state index contributed by atoms with van der Waals surface area (Å²) in [6.07, 6.45) is 11.1. The number of rotatable bonds is 6. The summed E-state index contributed by atoms with van der Waals surface area (Å²) in [7, 11) is 0. The van der Waals surface area contributed by atoms with Crippen molar-refractivity contribution in [2.24, 2.45) is 23.2 Å². The van der Waals surface area contributed by atoms with E-state index in [0.717, 1.165) is 75.8 Å². The largest absolute Gasteiger partial charge is 0.508 e. The van der Waals surface area contributed by atoms with E-state index in [4.69, 9.17) is 4.74 Å². The number of ether oxygens (including phenoxy) is 1. The Morgan fingerprint density at radius 3 is 2.69 bits per heavy atom. The van der Waals surface area contributed by atoms with Crippen LogP contribution in [0.3, 0.4) is 0 Å². The van der Waals surface area contributed by atoms with Crippen molar-refractivity contribution >= 4 is 5.78 Å². The van der Waals surface area contributed by atoms with E-state index >= 15 is 0 Å². The van der Waals surface area contributed by atoms with E-state index in [9.17, 15) is 9.90 Å². The van der Waals surface area contributed by atoms with Crippen molar-refractivity contribution in [3.8, 4) is 11.5 Å². The van der Waals surface area contributed by atoms with Gasteiger partial charge in [-0.15, -0.1) is 0 Å². The Kier molecular flexibility index (Phi) is 5.65. The van der Waals surface area contributed by atoms with Crippen molar-refractivity contribution in [3.63, 3.8) is 0 Å². The summed E-state index contributed by atoms with van der Waals surface area (Å²) in [5, 5.41) is 9.96. The van der Waals surface area contributed by atoms with Crippen molar-refractivity contribution in [1.82, 2.24) is 4.90 Å². The molecule has 7 rings (SSSR count). The second-order valence-electron chi connectivity index (χ2n) is 12.5. The number of carbonyl (C=O) groups is 1. The SMILES string of the molecule is O=C1CC[C@H]2[C@@H]3CCc4cc(O)ccc4[C@H]3CC[C@]12Cc1ccc(OCCN2CC3CCC2C3)cc1. The Morgan fingerprint density at radius 1 is 1.00 bits per heavy atom. The van der Waals surface area contributed by atoms with E-state index in [2.05, 4.69) is 35.2 Å². The number of piperidine rings is 1. The summed E-state index contributed by atoms with van der Waals surface area (Å²) < 4.78 is 6.11. The minimum Gasteiger partial charge on any atom is -0.508 e. The zero-order valence-electron chi connectivity index (χ0n) is 21.3. The average molecular weight is 486 g/mol. The van der Waals surface area contributed by atoms with Gasteiger partial charge in [0.1, 0.15) is 23.9 Å². The summed E-state index contributed by atoms with van der Waals surface area (Å²) in [4.78, 5) is 16.0. The number of hydrogen-bond donors (Lipinski definition) is 1. The minimum atomic E-state index is -0.187. The first-order valence-corrected chi connectivity index (χ1v) is 14.4. The number of carbonyl (C=O) groups excluding carboxylic acids is 1. The number of aryl methyl sites for hydroxylation is 1. The van der Waals surface area contributed by atoms with Crippen LogP contribution in [0.1, 0.15) is 74.0 Å². The highest BCUT2D eigenvalue weighted by Crippen LogP contribution is 2.61. The normalized spacial score (nSPS) is 34.9. The molecule has 4 fully saturated rings. The molecule has 4 nitrogen and oxygen atoms in total. The van der Waals surface area contributed by atoms with Gasteiger partial charge < -0.3 is 9.84 Å². The second kappa shape index (κ2) is 8.90. The molecule has 1 aliphatic heterocycles. The number of likely N-dealkylation sites (tertiary alicyclic amines) is 1. The van der Waals surface area contributed by atoms with E-state index in [1.807, 2.05) is 12.1 Å². The lowest BCUT2D eigenvalue weighted by molar-refractivity contribution is -0.130. The number of phenols is 1. The fraction of sp³-hybridized carbons (Fsp3) is 0.594. The molecule has 3 saturated carbocycles. The molecule has 36 heavy (non-hydrogen) atoms. The smallest absolute Gasteiger partial charge is 0.139 e. The number of fused-ring (bicyclic) bond motifs is 7. The van der Waals surface area contributed by atoms with Crippen LogP contribution in [0.15, 0.2) is 42.5 Å². The fourth-order valence-electron chi connectivity index (χ4n) is 9.12. The molecule has 2 unspecified atom stereocenters. The van der Waals surface area contributed by atoms with Gasteiger partial charge in [-0.3, -0.25) is 9.69 Å². The maximum atomic E-state index is 13.4. The molecule has 6 atom stereocenters. The Bertz CT molecular complexity index is 1140. The third kappa shape index (κ3) is 3.79. The molecule has 5 aliphatic rings. The Morgan fingerprint density at radius 2 is 1.89 bits per heavy atom. The lowest BCUT2D eigenvalue weighted by Crippen LogP contribution is -2.45. The van der Waals surface area contributed by atoms with E-state index < -0.39 is 0 Å². The second-order valence-corrected chi connectivity index (χ2v) is 12.5. The van der Waals surface area contributed by atoms with Gasteiger partial charge in [-0.25, -0.2) is 0 Å². The predicted octanol–water partition coefficient (Wildman–Crippen LogP) is 5.90. The molecule has 1 saturated heterocycles. The monoisotopic (exact) mass is 485 g/mol. The summed E-state index contributed by atoms with van der Waals surface area (Å²) in [5.41, 5.74) is 3.84. The van der Waals surface area contributed by atoms with E-state index in [1.165, 1.54) is 42.5 Å². The topological polar surface area (TPSA) is 49.8 Å². The highest BCUT2D eigenvalue weighted by atomic mass is 16.5. The van der Waals surface area contributed by atoms with Crippen molar-refractivity contribution in [2.75, 3.05) is 19.7 Å². The lowest BCUT2D eigenvalue weighted by Gasteiger charge is -2.49. The van der Waals surface area contributed by atoms with E-state index in [0.29, 0.717) is 29.3 Å². The molecular weight excluding hydrogens is 446 g/mol. The molecule has 0 radical (unpaired) electrons. The molecule has 1 heterocycles. The molecule has 2 aromatic rings. The van der Waals surface area contributed by atoms with Gasteiger partial charge in [0.2, 0.25) is 0 Å². The van der Waals surface area contributed by atoms with Crippen LogP contribution in [0.25, 0.3) is 0 Å². The standard InChI is InChI=1S/C32H39NO3/c34-25-6-10-27-23(18-25)4-9-29-28(27)13-14-32(30(29)11-12-31(32)35)19-21-2-7-26(8-3-21)36-16-15-33-20-22-1-5-24(33)17-22/h2-3,6-8,10,18,22,24,28-30,34H,1,4-5,9,11-17,19-20H2/t22?,24?,28-,29-,30+,32-/m1/s1. The van der Waals surface area contributed by atoms with Gasteiger partial charge in [0, 0.05) is 31.0 Å². The van der Waals surface area contributed by atoms with Gasteiger partial charge in [0.05, 0.1) is 0 Å². The number of benzene rings is 2. The van der Waals surface area contributed by atoms with Crippen molar-refractivity contribution < 1.29 is 14.6 Å². The number of aromatic hydroxyl groups is 1. The van der Waals surface area contributed by atoms with Crippen molar-refractivity contribution in [2.45, 2.75) is 76.2 Å². The molecular formula is C32H39NO3. The maximum absolute atomic E-state index is 13.4. The summed E-state index contributed by atoms with van der Waals surface area (Å²) in [5.74, 6) is 4.38. The van der Waals surface area contributed by atoms with E-state index in [1.54, 1.807) is 0 Å². The number of nitrogens with zero attached hydrogens (tertiary/aromatic N) is 1. The van der Waals surface area contributed by atoms with E-state index in [-0.39, 0.29) is 5.41 Å².